The third kappa shape index (κ3) is 7.76. The number of nitro groups is 1. The summed E-state index contributed by atoms with van der Waals surface area (Å²) in [5.41, 5.74) is 9.15. The SMILES string of the molecule is CCOC(=O)N(Cc1ccc(-c2cccc(CN3CCCC3)c2)nc1)c1cc(OCC2CCOCC2)nc(N)c1[N+](=O)[O-]. The van der Waals surface area contributed by atoms with Crippen molar-refractivity contribution in [3.63, 3.8) is 0 Å². The number of nitrogens with zero attached hydrogens (tertiary/aromatic N) is 5. The lowest BCUT2D eigenvalue weighted by Crippen LogP contribution is -2.32. The highest BCUT2D eigenvalue weighted by molar-refractivity contribution is 5.92. The van der Waals surface area contributed by atoms with Crippen molar-refractivity contribution in [2.45, 2.75) is 45.7 Å². The molecule has 0 saturated carbocycles. The van der Waals surface area contributed by atoms with Gasteiger partial charge in [-0.05, 0) is 74.9 Å². The van der Waals surface area contributed by atoms with Crippen molar-refractivity contribution in [3.8, 4) is 17.1 Å². The number of carbonyl (C=O) groups excluding carboxylic acids is 1. The molecule has 0 bridgehead atoms. The van der Waals surface area contributed by atoms with E-state index in [4.69, 9.17) is 19.9 Å². The van der Waals surface area contributed by atoms with E-state index in [1.54, 1.807) is 13.1 Å². The molecule has 0 aliphatic carbocycles. The Hall–Kier alpha value is -4.29. The number of ether oxygens (including phenoxy) is 3. The number of likely N-dealkylation sites (tertiary alicyclic amines) is 1. The van der Waals surface area contributed by atoms with Gasteiger partial charge in [-0.2, -0.15) is 4.98 Å². The van der Waals surface area contributed by atoms with E-state index in [-0.39, 0.29) is 36.5 Å². The lowest BCUT2D eigenvalue weighted by Gasteiger charge is -2.24. The standard InChI is InChI=1S/C31H38N6O6/c1-2-42-31(38)36(27-17-28(34-30(32)29(27)37(39)40)43-21-22-10-14-41-15-11-22)20-24-8-9-26(33-18-24)25-7-5-6-23(16-25)19-35-12-3-4-13-35/h5-9,16-18,22H,2-4,10-15,19-21H2,1H3,(H2,32,34). The van der Waals surface area contributed by atoms with Crippen LogP contribution in [-0.2, 0) is 22.6 Å². The highest BCUT2D eigenvalue weighted by Crippen LogP contribution is 2.37. The molecule has 2 aliphatic rings. The summed E-state index contributed by atoms with van der Waals surface area (Å²) in [5.74, 6) is 0.0179. The van der Waals surface area contributed by atoms with Crippen LogP contribution in [0.15, 0.2) is 48.7 Å². The number of anilines is 2. The summed E-state index contributed by atoms with van der Waals surface area (Å²) in [5, 5.41) is 12.1. The first-order valence-electron chi connectivity index (χ1n) is 14.8. The number of rotatable bonds is 11. The molecule has 43 heavy (non-hydrogen) atoms. The van der Waals surface area contributed by atoms with Gasteiger partial charge >= 0.3 is 11.8 Å². The van der Waals surface area contributed by atoms with Crippen molar-refractivity contribution in [3.05, 3.63) is 69.9 Å². The molecule has 2 aromatic heterocycles. The highest BCUT2D eigenvalue weighted by Gasteiger charge is 2.31. The molecule has 0 spiro atoms. The van der Waals surface area contributed by atoms with Crippen LogP contribution in [-0.4, -0.2) is 65.4 Å². The minimum Gasteiger partial charge on any atom is -0.477 e. The van der Waals surface area contributed by atoms with Crippen molar-refractivity contribution in [1.82, 2.24) is 14.9 Å². The van der Waals surface area contributed by atoms with Crippen LogP contribution in [0, 0.1) is 16.0 Å². The van der Waals surface area contributed by atoms with E-state index in [0.29, 0.717) is 25.4 Å². The molecule has 12 nitrogen and oxygen atoms in total. The van der Waals surface area contributed by atoms with Crippen LogP contribution in [0.25, 0.3) is 11.3 Å². The number of amides is 1. The van der Waals surface area contributed by atoms with Crippen LogP contribution in [0.4, 0.5) is 22.0 Å². The quantitative estimate of drug-likeness (QED) is 0.234. The second-order valence-electron chi connectivity index (χ2n) is 10.9. The van der Waals surface area contributed by atoms with Crippen molar-refractivity contribution >= 4 is 23.3 Å². The Labute approximate surface area is 250 Å². The predicted octanol–water partition coefficient (Wildman–Crippen LogP) is 5.20. The monoisotopic (exact) mass is 590 g/mol. The molecule has 4 heterocycles. The maximum Gasteiger partial charge on any atom is 0.414 e. The number of benzene rings is 1. The second-order valence-corrected chi connectivity index (χ2v) is 10.9. The van der Waals surface area contributed by atoms with Gasteiger partial charge in [-0.3, -0.25) is 24.9 Å². The molecule has 2 aliphatic heterocycles. The van der Waals surface area contributed by atoms with E-state index in [1.807, 2.05) is 24.3 Å². The minimum absolute atomic E-state index is 0.0369. The number of pyridine rings is 2. The molecular weight excluding hydrogens is 552 g/mol. The fourth-order valence-corrected chi connectivity index (χ4v) is 5.45. The molecule has 0 unspecified atom stereocenters. The lowest BCUT2D eigenvalue weighted by molar-refractivity contribution is -0.383. The summed E-state index contributed by atoms with van der Waals surface area (Å²) in [7, 11) is 0. The largest absolute Gasteiger partial charge is 0.477 e. The molecule has 2 fully saturated rings. The van der Waals surface area contributed by atoms with Crippen molar-refractivity contribution in [2.75, 3.05) is 50.2 Å². The Balaban J connectivity index is 1.38. The average Bonchev–Trinajstić information content (AvgIpc) is 3.52. The summed E-state index contributed by atoms with van der Waals surface area (Å²) < 4.78 is 16.6. The van der Waals surface area contributed by atoms with E-state index in [0.717, 1.165) is 43.7 Å². The first-order chi connectivity index (χ1) is 20.9. The summed E-state index contributed by atoms with van der Waals surface area (Å²) in [4.78, 5) is 37.0. The molecule has 2 N–H and O–H groups in total. The lowest BCUT2D eigenvalue weighted by atomic mass is 10.0. The summed E-state index contributed by atoms with van der Waals surface area (Å²) >= 11 is 0. The Kier molecular flexibility index (Phi) is 10.0. The van der Waals surface area contributed by atoms with Gasteiger partial charge in [0.05, 0.1) is 30.4 Å². The topological polar surface area (TPSA) is 146 Å². The van der Waals surface area contributed by atoms with Crippen molar-refractivity contribution < 1.29 is 23.9 Å². The van der Waals surface area contributed by atoms with Crippen molar-refractivity contribution in [2.24, 2.45) is 5.92 Å². The Morgan fingerprint density at radius 3 is 2.65 bits per heavy atom. The molecule has 1 aromatic carbocycles. The molecule has 3 aromatic rings. The normalized spacial score (nSPS) is 15.7. The first-order valence-corrected chi connectivity index (χ1v) is 14.8. The molecule has 0 atom stereocenters. The van der Waals surface area contributed by atoms with Crippen LogP contribution >= 0.6 is 0 Å². The molecule has 5 rings (SSSR count). The molecule has 1 amide bonds. The molecular formula is C31H38N6O6. The van der Waals surface area contributed by atoms with Crippen LogP contribution in [0.1, 0.15) is 43.7 Å². The number of hydrogen-bond donors (Lipinski definition) is 1. The zero-order valence-electron chi connectivity index (χ0n) is 24.4. The van der Waals surface area contributed by atoms with E-state index >= 15 is 0 Å². The van der Waals surface area contributed by atoms with E-state index < -0.39 is 16.7 Å². The summed E-state index contributed by atoms with van der Waals surface area (Å²) in [6.07, 6.45) is 5.07. The van der Waals surface area contributed by atoms with Crippen LogP contribution < -0.4 is 15.4 Å². The van der Waals surface area contributed by atoms with Crippen molar-refractivity contribution in [1.29, 1.82) is 0 Å². The summed E-state index contributed by atoms with van der Waals surface area (Å²) in [6.45, 7) is 6.55. The third-order valence-electron chi connectivity index (χ3n) is 7.74. The number of aromatic nitrogens is 2. The van der Waals surface area contributed by atoms with Gasteiger partial charge in [0.25, 0.3) is 0 Å². The van der Waals surface area contributed by atoms with Gasteiger partial charge in [0, 0.05) is 37.6 Å². The van der Waals surface area contributed by atoms with E-state index in [9.17, 15) is 14.9 Å². The Morgan fingerprint density at radius 1 is 1.16 bits per heavy atom. The van der Waals surface area contributed by atoms with Gasteiger partial charge in [0.1, 0.15) is 5.69 Å². The van der Waals surface area contributed by atoms with Gasteiger partial charge in [0.15, 0.2) is 0 Å². The van der Waals surface area contributed by atoms with E-state index in [1.165, 1.54) is 29.4 Å². The third-order valence-corrected chi connectivity index (χ3v) is 7.74. The molecule has 0 radical (unpaired) electrons. The van der Waals surface area contributed by atoms with E-state index in [2.05, 4.69) is 27.0 Å². The predicted molar refractivity (Wildman–Crippen MR) is 162 cm³/mol. The number of carbonyl (C=O) groups is 1. The highest BCUT2D eigenvalue weighted by atomic mass is 16.6. The number of hydrogen-bond acceptors (Lipinski definition) is 10. The van der Waals surface area contributed by atoms with Gasteiger partial charge in [-0.1, -0.05) is 24.3 Å². The number of nitrogens with two attached hydrogens (primary N) is 1. The zero-order valence-corrected chi connectivity index (χ0v) is 24.4. The molecule has 12 heteroatoms. The maximum absolute atomic E-state index is 13.2. The average molecular weight is 591 g/mol. The number of nitrogen functional groups attached to an aromatic ring is 1. The maximum atomic E-state index is 13.2. The molecule has 2 saturated heterocycles. The smallest absolute Gasteiger partial charge is 0.414 e. The van der Waals surface area contributed by atoms with Gasteiger partial charge in [0.2, 0.25) is 11.7 Å². The Bertz CT molecular complexity index is 1410. The fraction of sp³-hybridized carbons (Fsp3) is 0.452. The van der Waals surface area contributed by atoms with Gasteiger partial charge in [-0.15, -0.1) is 0 Å². The summed E-state index contributed by atoms with van der Waals surface area (Å²) in [6, 6.07) is 13.4. The van der Waals surface area contributed by atoms with Gasteiger partial charge < -0.3 is 19.9 Å². The van der Waals surface area contributed by atoms with Crippen LogP contribution in [0.2, 0.25) is 0 Å². The minimum atomic E-state index is -0.759. The fourth-order valence-electron chi connectivity index (χ4n) is 5.45. The Morgan fingerprint density at radius 2 is 1.95 bits per heavy atom. The van der Waals surface area contributed by atoms with Crippen LogP contribution in [0.5, 0.6) is 5.88 Å². The first kappa shape index (κ1) is 30.2. The van der Waals surface area contributed by atoms with Crippen LogP contribution in [0.3, 0.4) is 0 Å². The van der Waals surface area contributed by atoms with Gasteiger partial charge in [-0.25, -0.2) is 4.79 Å². The molecule has 228 valence electrons. The zero-order chi connectivity index (χ0) is 30.2. The second kappa shape index (κ2) is 14.3.